The Kier molecular flexibility index (Phi) is 6.50. The Morgan fingerprint density at radius 1 is 1.20 bits per heavy atom. The van der Waals surface area contributed by atoms with Gasteiger partial charge in [-0.05, 0) is 48.7 Å². The van der Waals surface area contributed by atoms with Crippen LogP contribution in [0, 0.1) is 11.7 Å². The number of nitrogens with zero attached hydrogens (tertiary/aromatic N) is 3. The number of pyridine rings is 1. The summed E-state index contributed by atoms with van der Waals surface area (Å²) in [6.07, 6.45) is 2.91. The lowest BCUT2D eigenvalue weighted by molar-refractivity contribution is -0.119. The third-order valence-electron chi connectivity index (χ3n) is 4.79. The molecule has 3 aromatic rings. The van der Waals surface area contributed by atoms with Gasteiger partial charge in [-0.25, -0.2) is 9.37 Å². The van der Waals surface area contributed by atoms with Gasteiger partial charge in [-0.1, -0.05) is 20.8 Å². The zero-order chi connectivity index (χ0) is 21.8. The van der Waals surface area contributed by atoms with Crippen molar-refractivity contribution in [2.24, 2.45) is 5.92 Å². The molecule has 0 aliphatic heterocycles. The predicted molar refractivity (Wildman–Crippen MR) is 114 cm³/mol. The second-order valence-corrected chi connectivity index (χ2v) is 7.57. The van der Waals surface area contributed by atoms with E-state index in [2.05, 4.69) is 4.98 Å². The molecule has 0 spiro atoms. The Labute approximate surface area is 175 Å². The molecule has 1 amide bonds. The van der Waals surface area contributed by atoms with Crippen molar-refractivity contribution >= 4 is 23.2 Å². The number of amides is 1. The molecule has 30 heavy (non-hydrogen) atoms. The van der Waals surface area contributed by atoms with Gasteiger partial charge in [0.05, 0.1) is 5.69 Å². The van der Waals surface area contributed by atoms with Gasteiger partial charge in [0.15, 0.2) is 23.8 Å². The molecule has 0 bridgehead atoms. The van der Waals surface area contributed by atoms with Crippen molar-refractivity contribution in [1.82, 2.24) is 9.38 Å². The molecule has 3 rings (SSSR count). The largest absolute Gasteiger partial charge is 0.482 e. The Morgan fingerprint density at radius 2 is 1.90 bits per heavy atom. The normalized spacial score (nSPS) is 11.1. The lowest BCUT2D eigenvalue weighted by Crippen LogP contribution is -2.29. The quantitative estimate of drug-likeness (QED) is 0.518. The third kappa shape index (κ3) is 4.50. The van der Waals surface area contributed by atoms with Gasteiger partial charge in [0.2, 0.25) is 5.91 Å². The van der Waals surface area contributed by atoms with Crippen molar-refractivity contribution in [3.8, 4) is 5.75 Å². The second-order valence-electron chi connectivity index (χ2n) is 7.57. The van der Waals surface area contributed by atoms with Crippen LogP contribution in [0.4, 0.5) is 10.2 Å². The number of halogens is 1. The molecule has 1 aromatic carbocycles. The third-order valence-corrected chi connectivity index (χ3v) is 4.79. The maximum Gasteiger partial charge on any atom is 0.228 e. The number of aromatic nitrogens is 2. The maximum atomic E-state index is 13.1. The highest BCUT2D eigenvalue weighted by atomic mass is 19.1. The first kappa shape index (κ1) is 21.5. The van der Waals surface area contributed by atoms with Crippen LogP contribution in [0.2, 0.25) is 0 Å². The first-order valence-corrected chi connectivity index (χ1v) is 9.99. The van der Waals surface area contributed by atoms with Crippen LogP contribution in [0.5, 0.6) is 5.75 Å². The van der Waals surface area contributed by atoms with Crippen LogP contribution in [0.15, 0.2) is 42.6 Å². The summed E-state index contributed by atoms with van der Waals surface area (Å²) in [5.41, 5.74) is 1.69. The van der Waals surface area contributed by atoms with Crippen molar-refractivity contribution in [2.45, 2.75) is 33.6 Å². The van der Waals surface area contributed by atoms with Crippen molar-refractivity contribution in [2.75, 3.05) is 18.6 Å². The van der Waals surface area contributed by atoms with E-state index in [9.17, 15) is 14.0 Å². The summed E-state index contributed by atoms with van der Waals surface area (Å²) in [4.78, 5) is 31.3. The van der Waals surface area contributed by atoms with Crippen LogP contribution in [0.3, 0.4) is 0 Å². The first-order valence-electron chi connectivity index (χ1n) is 9.99. The number of ketones is 1. The van der Waals surface area contributed by atoms with Crippen LogP contribution in [0.1, 0.15) is 43.2 Å². The van der Waals surface area contributed by atoms with Gasteiger partial charge < -0.3 is 4.74 Å². The second kappa shape index (κ2) is 9.07. The summed E-state index contributed by atoms with van der Waals surface area (Å²) >= 11 is 0. The van der Waals surface area contributed by atoms with Gasteiger partial charge in [-0.3, -0.25) is 18.9 Å². The molecule has 0 aliphatic rings. The predicted octanol–water partition coefficient (Wildman–Crippen LogP) is 4.31. The van der Waals surface area contributed by atoms with E-state index in [1.807, 2.05) is 31.4 Å². The topological polar surface area (TPSA) is 63.9 Å². The fraction of sp³-hybridized carbons (Fsp3) is 0.348. The maximum absolute atomic E-state index is 13.1. The number of benzene rings is 1. The van der Waals surface area contributed by atoms with Gasteiger partial charge in [0, 0.05) is 25.2 Å². The number of Topliss-reactive ketones (excluding diaryl/α,β-unsaturated/α-hetero) is 1. The number of hydrogen-bond acceptors (Lipinski definition) is 4. The molecule has 0 unspecified atom stereocenters. The van der Waals surface area contributed by atoms with Gasteiger partial charge in [0.1, 0.15) is 11.6 Å². The van der Waals surface area contributed by atoms with E-state index in [0.717, 1.165) is 5.69 Å². The molecule has 0 N–H and O–H groups in total. The van der Waals surface area contributed by atoms with Crippen LogP contribution in [-0.4, -0.2) is 34.7 Å². The SMILES string of the molecule is CCc1nc2c(OCC(=O)c3ccc(F)cc3)cccn2c1N(C)C(=O)CC(C)C. The Bertz CT molecular complexity index is 1060. The summed E-state index contributed by atoms with van der Waals surface area (Å²) in [5.74, 6) is 0.751. The fourth-order valence-corrected chi connectivity index (χ4v) is 3.25. The van der Waals surface area contributed by atoms with E-state index in [1.54, 1.807) is 24.1 Å². The van der Waals surface area contributed by atoms with Gasteiger partial charge in [-0.2, -0.15) is 0 Å². The molecular weight excluding hydrogens is 385 g/mol. The number of rotatable bonds is 8. The minimum absolute atomic E-state index is 0.0132. The number of aryl methyl sites for hydroxylation is 1. The molecule has 0 radical (unpaired) electrons. The van der Waals surface area contributed by atoms with Gasteiger partial charge in [0.25, 0.3) is 0 Å². The number of anilines is 1. The lowest BCUT2D eigenvalue weighted by Gasteiger charge is -2.19. The minimum Gasteiger partial charge on any atom is -0.482 e. The monoisotopic (exact) mass is 411 g/mol. The van der Waals surface area contributed by atoms with Crippen LogP contribution in [-0.2, 0) is 11.2 Å². The van der Waals surface area contributed by atoms with E-state index in [-0.39, 0.29) is 24.2 Å². The molecule has 2 heterocycles. The number of hydrogen-bond donors (Lipinski definition) is 0. The molecule has 0 aliphatic carbocycles. The van der Waals surface area contributed by atoms with Crippen molar-refractivity contribution in [3.05, 3.63) is 59.7 Å². The van der Waals surface area contributed by atoms with Crippen LogP contribution in [0.25, 0.3) is 5.65 Å². The molecule has 0 fully saturated rings. The number of imidazole rings is 1. The van der Waals surface area contributed by atoms with Crippen molar-refractivity contribution in [1.29, 1.82) is 0 Å². The summed E-state index contributed by atoms with van der Waals surface area (Å²) in [6, 6.07) is 8.87. The average molecular weight is 411 g/mol. The molecule has 0 saturated heterocycles. The van der Waals surface area contributed by atoms with Crippen molar-refractivity contribution in [3.63, 3.8) is 0 Å². The highest BCUT2D eigenvalue weighted by Crippen LogP contribution is 2.28. The molecule has 0 saturated carbocycles. The van der Waals surface area contributed by atoms with Gasteiger partial charge >= 0.3 is 0 Å². The Balaban J connectivity index is 1.88. The van der Waals surface area contributed by atoms with Gasteiger partial charge in [-0.15, -0.1) is 0 Å². The van der Waals surface area contributed by atoms with Crippen LogP contribution < -0.4 is 9.64 Å². The highest BCUT2D eigenvalue weighted by Gasteiger charge is 2.22. The number of ether oxygens (including phenoxy) is 1. The van der Waals surface area contributed by atoms with E-state index in [1.165, 1.54) is 24.3 Å². The summed E-state index contributed by atoms with van der Waals surface area (Å²) in [6.45, 7) is 5.79. The average Bonchev–Trinajstić information content (AvgIpc) is 3.10. The standard InChI is InChI=1S/C23H26FN3O3/c1-5-18-23(26(4)21(29)13-15(2)3)27-12-6-7-20(22(27)25-18)30-14-19(28)16-8-10-17(24)11-9-16/h6-12,15H,5,13-14H2,1-4H3. The summed E-state index contributed by atoms with van der Waals surface area (Å²) < 4.78 is 20.6. The molecule has 2 aromatic heterocycles. The number of carbonyl (C=O) groups excluding carboxylic acids is 2. The zero-order valence-corrected chi connectivity index (χ0v) is 17.7. The molecule has 158 valence electrons. The Hall–Kier alpha value is -3.22. The van der Waals surface area contributed by atoms with E-state index in [0.29, 0.717) is 35.6 Å². The minimum atomic E-state index is -0.398. The molecular formula is C23H26FN3O3. The highest BCUT2D eigenvalue weighted by molar-refractivity contribution is 5.97. The van der Waals surface area contributed by atoms with E-state index in [4.69, 9.17) is 4.74 Å². The molecule has 0 atom stereocenters. The van der Waals surface area contributed by atoms with E-state index < -0.39 is 5.82 Å². The number of fused-ring (bicyclic) bond motifs is 1. The summed E-state index contributed by atoms with van der Waals surface area (Å²) in [7, 11) is 1.75. The smallest absolute Gasteiger partial charge is 0.228 e. The molecule has 6 nitrogen and oxygen atoms in total. The first-order chi connectivity index (χ1) is 14.3. The summed E-state index contributed by atoms with van der Waals surface area (Å²) in [5, 5.41) is 0. The lowest BCUT2D eigenvalue weighted by atomic mass is 10.1. The zero-order valence-electron chi connectivity index (χ0n) is 17.7. The van der Waals surface area contributed by atoms with E-state index >= 15 is 0 Å². The van der Waals surface area contributed by atoms with Crippen LogP contribution >= 0.6 is 0 Å². The number of carbonyl (C=O) groups is 2. The fourth-order valence-electron chi connectivity index (χ4n) is 3.25. The Morgan fingerprint density at radius 3 is 2.53 bits per heavy atom. The molecule has 7 heteroatoms. The van der Waals surface area contributed by atoms with Crippen molar-refractivity contribution < 1.29 is 18.7 Å².